The van der Waals surface area contributed by atoms with Crippen LogP contribution in [0.15, 0.2) is 36.0 Å². The second-order valence-corrected chi connectivity index (χ2v) is 3.62. The van der Waals surface area contributed by atoms with Gasteiger partial charge < -0.3 is 10.1 Å². The van der Waals surface area contributed by atoms with E-state index in [0.29, 0.717) is 0 Å². The number of nitrogens with one attached hydrogen (secondary N) is 1. The number of hydrogen-bond acceptors (Lipinski definition) is 4. The van der Waals surface area contributed by atoms with E-state index in [-0.39, 0.29) is 11.7 Å². The molecule has 0 aromatic heterocycles. The summed E-state index contributed by atoms with van der Waals surface area (Å²) in [5.41, 5.74) is 0.830. The summed E-state index contributed by atoms with van der Waals surface area (Å²) in [7, 11) is 0. The van der Waals surface area contributed by atoms with E-state index < -0.39 is 0 Å². The van der Waals surface area contributed by atoms with E-state index in [1.54, 1.807) is 12.1 Å². The zero-order chi connectivity index (χ0) is 12.7. The molecule has 1 rings (SSSR count). The zero-order valence-electron chi connectivity index (χ0n) is 9.77. The molecule has 0 fully saturated rings. The summed E-state index contributed by atoms with van der Waals surface area (Å²) in [4.78, 5) is 0. The van der Waals surface area contributed by atoms with Gasteiger partial charge in [0.05, 0.1) is 6.10 Å². The van der Waals surface area contributed by atoms with E-state index in [0.717, 1.165) is 11.4 Å². The molecule has 86 valence electrons. The minimum atomic E-state index is 0.0347. The fourth-order valence-electron chi connectivity index (χ4n) is 1.15. The zero-order valence-corrected chi connectivity index (χ0v) is 9.77. The minimum Gasteiger partial charge on any atom is -0.491 e. The third-order valence-electron chi connectivity index (χ3n) is 1.85. The Labute approximate surface area is 101 Å². The van der Waals surface area contributed by atoms with Crippen molar-refractivity contribution in [2.45, 2.75) is 20.0 Å². The summed E-state index contributed by atoms with van der Waals surface area (Å²) in [6.07, 6.45) is 1.51. The van der Waals surface area contributed by atoms with Crippen LogP contribution in [0.3, 0.4) is 0 Å². The molecule has 0 spiro atoms. The molecule has 1 N–H and O–H groups in total. The maximum Gasteiger partial charge on any atom is 0.145 e. The van der Waals surface area contributed by atoms with Crippen LogP contribution in [0.2, 0.25) is 0 Å². The lowest BCUT2D eigenvalue weighted by atomic mass is 10.3. The Balaban J connectivity index is 2.67. The van der Waals surface area contributed by atoms with Gasteiger partial charge in [0.25, 0.3) is 0 Å². The van der Waals surface area contributed by atoms with E-state index in [1.165, 1.54) is 6.20 Å². The van der Waals surface area contributed by atoms with Crippen LogP contribution in [0.4, 0.5) is 5.69 Å². The Morgan fingerprint density at radius 2 is 1.82 bits per heavy atom. The lowest BCUT2D eigenvalue weighted by molar-refractivity contribution is 0.242. The molecule has 0 aliphatic heterocycles. The van der Waals surface area contributed by atoms with E-state index in [4.69, 9.17) is 15.3 Å². The van der Waals surface area contributed by atoms with Gasteiger partial charge in [-0.1, -0.05) is 0 Å². The third kappa shape index (κ3) is 4.27. The monoisotopic (exact) mass is 227 g/mol. The summed E-state index contributed by atoms with van der Waals surface area (Å²) < 4.78 is 5.49. The Morgan fingerprint density at radius 1 is 1.24 bits per heavy atom. The van der Waals surface area contributed by atoms with E-state index in [2.05, 4.69) is 5.32 Å². The van der Waals surface area contributed by atoms with Crippen molar-refractivity contribution in [3.63, 3.8) is 0 Å². The highest BCUT2D eigenvalue weighted by Gasteiger charge is 1.97. The van der Waals surface area contributed by atoms with Crippen molar-refractivity contribution in [3.8, 4) is 17.9 Å². The Kier molecular flexibility index (Phi) is 4.59. The predicted octanol–water partition coefficient (Wildman–Crippen LogP) is 2.82. The number of hydrogen-bond donors (Lipinski definition) is 1. The predicted molar refractivity (Wildman–Crippen MR) is 65.1 cm³/mol. The lowest BCUT2D eigenvalue weighted by Gasteiger charge is -2.09. The van der Waals surface area contributed by atoms with Crippen LogP contribution in [0.1, 0.15) is 13.8 Å². The molecule has 4 heteroatoms. The van der Waals surface area contributed by atoms with Crippen LogP contribution in [0.25, 0.3) is 0 Å². The Hall–Kier alpha value is -2.46. The molecule has 0 amide bonds. The highest BCUT2D eigenvalue weighted by molar-refractivity contribution is 5.51. The van der Waals surface area contributed by atoms with Gasteiger partial charge in [-0.15, -0.1) is 0 Å². The van der Waals surface area contributed by atoms with Crippen LogP contribution in [-0.4, -0.2) is 6.10 Å². The molecule has 0 unspecified atom stereocenters. The number of nitrogens with zero attached hydrogens (tertiary/aromatic N) is 2. The Morgan fingerprint density at radius 3 is 2.29 bits per heavy atom. The molecule has 0 saturated carbocycles. The van der Waals surface area contributed by atoms with Gasteiger partial charge >= 0.3 is 0 Å². The van der Waals surface area contributed by atoms with E-state index in [1.807, 2.05) is 38.1 Å². The van der Waals surface area contributed by atoms with Crippen LogP contribution < -0.4 is 10.1 Å². The van der Waals surface area contributed by atoms with E-state index >= 15 is 0 Å². The normalized spacial score (nSPS) is 9.00. The molecule has 1 aromatic rings. The maximum absolute atomic E-state index is 8.55. The highest BCUT2D eigenvalue weighted by atomic mass is 16.5. The SMILES string of the molecule is CC(C)Oc1ccc(NC=C(C#N)C#N)cc1. The van der Waals surface area contributed by atoms with Gasteiger partial charge in [0.2, 0.25) is 0 Å². The van der Waals surface area contributed by atoms with Crippen LogP contribution in [0.5, 0.6) is 5.75 Å². The molecule has 17 heavy (non-hydrogen) atoms. The first-order valence-electron chi connectivity index (χ1n) is 5.19. The van der Waals surface area contributed by atoms with Gasteiger partial charge in [-0.2, -0.15) is 10.5 Å². The summed E-state index contributed by atoms with van der Waals surface area (Å²) >= 11 is 0. The van der Waals surface area contributed by atoms with Crippen LogP contribution in [0, 0.1) is 22.7 Å². The summed E-state index contributed by atoms with van der Waals surface area (Å²) in [5, 5.41) is 20.0. The van der Waals surface area contributed by atoms with Gasteiger partial charge in [0.1, 0.15) is 23.5 Å². The lowest BCUT2D eigenvalue weighted by Crippen LogP contribution is -2.05. The number of anilines is 1. The quantitative estimate of drug-likeness (QED) is 0.803. The second-order valence-electron chi connectivity index (χ2n) is 3.62. The molecular weight excluding hydrogens is 214 g/mol. The second kappa shape index (κ2) is 6.19. The molecule has 0 bridgehead atoms. The molecule has 1 aromatic carbocycles. The first kappa shape index (κ1) is 12.6. The van der Waals surface area contributed by atoms with Gasteiger partial charge in [-0.05, 0) is 38.1 Å². The van der Waals surface area contributed by atoms with Gasteiger partial charge in [0.15, 0.2) is 0 Å². The van der Waals surface area contributed by atoms with E-state index in [9.17, 15) is 0 Å². The van der Waals surface area contributed by atoms with Crippen molar-refractivity contribution in [2.24, 2.45) is 0 Å². The van der Waals surface area contributed by atoms with Gasteiger partial charge in [-0.3, -0.25) is 0 Å². The molecule has 0 saturated heterocycles. The largest absolute Gasteiger partial charge is 0.491 e. The summed E-state index contributed by atoms with van der Waals surface area (Å²) in [5.74, 6) is 0.787. The summed E-state index contributed by atoms with van der Waals surface area (Å²) in [6.45, 7) is 3.92. The van der Waals surface area contributed by atoms with Crippen LogP contribution in [-0.2, 0) is 0 Å². The number of rotatable bonds is 4. The average Bonchev–Trinajstić information content (AvgIpc) is 2.32. The summed E-state index contributed by atoms with van der Waals surface area (Å²) in [6, 6.07) is 10.8. The van der Waals surface area contributed by atoms with Gasteiger partial charge in [-0.25, -0.2) is 0 Å². The molecule has 0 aliphatic rings. The van der Waals surface area contributed by atoms with Crippen molar-refractivity contribution >= 4 is 5.69 Å². The first-order chi connectivity index (χ1) is 8.15. The average molecular weight is 227 g/mol. The Bertz CT molecular complexity index is 459. The van der Waals surface area contributed by atoms with Crippen molar-refractivity contribution in [2.75, 3.05) is 5.32 Å². The number of ether oxygens (including phenoxy) is 1. The molecule has 0 radical (unpaired) electrons. The fraction of sp³-hybridized carbons (Fsp3) is 0.231. The fourth-order valence-corrected chi connectivity index (χ4v) is 1.15. The molecular formula is C13H13N3O. The van der Waals surface area contributed by atoms with Crippen molar-refractivity contribution in [3.05, 3.63) is 36.0 Å². The van der Waals surface area contributed by atoms with Crippen molar-refractivity contribution in [1.29, 1.82) is 10.5 Å². The molecule has 0 heterocycles. The number of benzene rings is 1. The standard InChI is InChI=1S/C13H13N3O/c1-10(2)17-13-5-3-12(4-6-13)16-9-11(7-14)8-15/h3-6,9-10,16H,1-2H3. The van der Waals surface area contributed by atoms with Crippen molar-refractivity contribution < 1.29 is 4.74 Å². The maximum atomic E-state index is 8.55. The van der Waals surface area contributed by atoms with Crippen LogP contribution >= 0.6 is 0 Å². The minimum absolute atomic E-state index is 0.0347. The number of nitriles is 2. The highest BCUT2D eigenvalue weighted by Crippen LogP contribution is 2.16. The molecule has 4 nitrogen and oxygen atoms in total. The molecule has 0 aliphatic carbocycles. The van der Waals surface area contributed by atoms with Gasteiger partial charge in [0, 0.05) is 11.9 Å². The number of allylic oxidation sites excluding steroid dienone is 1. The third-order valence-corrected chi connectivity index (χ3v) is 1.85. The topological polar surface area (TPSA) is 68.8 Å². The first-order valence-corrected chi connectivity index (χ1v) is 5.19. The molecule has 0 atom stereocenters. The smallest absolute Gasteiger partial charge is 0.145 e. The van der Waals surface area contributed by atoms with Crippen molar-refractivity contribution in [1.82, 2.24) is 0 Å².